The number of nitrogens with zero attached hydrogens (tertiary/aromatic N) is 2. The largest absolute Gasteiger partial charge is 0.368 e. The number of aromatic nitrogens is 2. The molecule has 1 aromatic heterocycles. The normalized spacial score (nSPS) is 16.4. The van der Waals surface area contributed by atoms with Crippen molar-refractivity contribution in [2.24, 2.45) is 0 Å². The third-order valence-corrected chi connectivity index (χ3v) is 5.33. The zero-order valence-corrected chi connectivity index (χ0v) is 17.7. The Labute approximate surface area is 187 Å². The van der Waals surface area contributed by atoms with Crippen molar-refractivity contribution in [1.82, 2.24) is 26.4 Å². The van der Waals surface area contributed by atoms with E-state index in [1.54, 1.807) is 35.2 Å². The van der Waals surface area contributed by atoms with Gasteiger partial charge in [-0.3, -0.25) is 10.2 Å². The molecule has 3 aromatic rings. The first-order chi connectivity index (χ1) is 15.5. The summed E-state index contributed by atoms with van der Waals surface area (Å²) in [4.78, 5) is 21.7. The number of thiol groups is 1. The molecule has 2 heterocycles. The monoisotopic (exact) mass is 462 g/mol. The highest BCUT2D eigenvalue weighted by Crippen LogP contribution is 2.35. The number of H-pyrrole nitrogens is 1. The topological polar surface area (TPSA) is 85.1 Å². The first-order valence-corrected chi connectivity index (χ1v) is 10.4. The minimum Gasteiger partial charge on any atom is -0.368 e. The van der Waals surface area contributed by atoms with Crippen molar-refractivity contribution in [3.8, 4) is 11.4 Å². The predicted octanol–water partition coefficient (Wildman–Crippen LogP) is 3.86. The molecule has 11 heteroatoms. The fraction of sp³-hybridized carbons (Fsp3) is 0.238. The molecule has 168 valence electrons. The van der Waals surface area contributed by atoms with Gasteiger partial charge < -0.3 is 15.3 Å². The van der Waals surface area contributed by atoms with E-state index in [9.17, 15) is 18.0 Å². The number of nitrogens with one attached hydrogen (secondary N) is 4. The number of carbonyl (C=O) groups excluding carboxylic acids is 1. The molecule has 4 N–H and O–H groups in total. The van der Waals surface area contributed by atoms with Crippen LogP contribution in [0.1, 0.15) is 28.8 Å². The number of amides is 1. The average molecular weight is 463 g/mol. The Balaban J connectivity index is 1.67. The molecular weight excluding hydrogens is 441 g/mol. The highest BCUT2D eigenvalue weighted by Gasteiger charge is 2.25. The number of rotatable bonds is 7. The van der Waals surface area contributed by atoms with Crippen LogP contribution in [0.2, 0.25) is 0 Å². The Hall–Kier alpha value is -3.18. The highest BCUT2D eigenvalue weighted by atomic mass is 32.1. The summed E-state index contributed by atoms with van der Waals surface area (Å²) in [7, 11) is 0. The number of hydrazine groups is 2. The first kappa shape index (κ1) is 22.0. The SMILES string of the molecule is O=C(NNN/C=C\S)c1cccc2[nH]c(-c3ccc(N4CCC(F)C4)cc3C(F)F)nc12. The molecule has 7 nitrogen and oxygen atoms in total. The minimum atomic E-state index is -2.75. The van der Waals surface area contributed by atoms with E-state index in [1.807, 2.05) is 0 Å². The van der Waals surface area contributed by atoms with Gasteiger partial charge >= 0.3 is 0 Å². The van der Waals surface area contributed by atoms with Gasteiger partial charge in [-0.2, -0.15) is 0 Å². The van der Waals surface area contributed by atoms with Gasteiger partial charge in [-0.15, -0.1) is 18.2 Å². The fourth-order valence-electron chi connectivity index (χ4n) is 3.68. The van der Waals surface area contributed by atoms with Crippen molar-refractivity contribution >= 4 is 35.3 Å². The molecule has 1 saturated heterocycles. The quantitative estimate of drug-likeness (QED) is 0.209. The second kappa shape index (κ2) is 9.53. The number of hydrogen-bond donors (Lipinski definition) is 5. The van der Waals surface area contributed by atoms with E-state index in [1.165, 1.54) is 17.7 Å². The van der Waals surface area contributed by atoms with Crippen LogP contribution in [0.25, 0.3) is 22.4 Å². The first-order valence-electron chi connectivity index (χ1n) is 9.88. The van der Waals surface area contributed by atoms with Crippen LogP contribution >= 0.6 is 12.6 Å². The molecule has 1 atom stereocenters. The lowest BCUT2D eigenvalue weighted by Crippen LogP contribution is -2.44. The van der Waals surface area contributed by atoms with E-state index in [4.69, 9.17) is 0 Å². The Kier molecular flexibility index (Phi) is 6.56. The molecule has 32 heavy (non-hydrogen) atoms. The van der Waals surface area contributed by atoms with Gasteiger partial charge in [0, 0.05) is 36.1 Å². The number of halogens is 3. The Morgan fingerprint density at radius 3 is 2.88 bits per heavy atom. The van der Waals surface area contributed by atoms with Crippen LogP contribution in [0.5, 0.6) is 0 Å². The van der Waals surface area contributed by atoms with Crippen molar-refractivity contribution in [2.75, 3.05) is 18.0 Å². The molecule has 0 saturated carbocycles. The van der Waals surface area contributed by atoms with Crippen molar-refractivity contribution in [1.29, 1.82) is 0 Å². The number of carbonyl (C=O) groups is 1. The molecule has 1 aliphatic rings. The maximum Gasteiger partial charge on any atom is 0.269 e. The molecule has 1 amide bonds. The van der Waals surface area contributed by atoms with Gasteiger partial charge in [0.15, 0.2) is 0 Å². The fourth-order valence-corrected chi connectivity index (χ4v) is 3.75. The van der Waals surface area contributed by atoms with Crippen LogP contribution < -0.4 is 21.3 Å². The van der Waals surface area contributed by atoms with E-state index in [2.05, 4.69) is 39.0 Å². The van der Waals surface area contributed by atoms with E-state index in [0.29, 0.717) is 29.7 Å². The zero-order chi connectivity index (χ0) is 22.7. The summed E-state index contributed by atoms with van der Waals surface area (Å²) < 4.78 is 41.3. The number of alkyl halides is 3. The summed E-state index contributed by atoms with van der Waals surface area (Å²) in [5, 5.41) is 1.44. The summed E-state index contributed by atoms with van der Waals surface area (Å²) >= 11 is 3.88. The Bertz CT molecular complexity index is 1150. The molecule has 1 fully saturated rings. The molecular formula is C21H21F3N6OS. The third-order valence-electron chi connectivity index (χ3n) is 5.18. The minimum absolute atomic E-state index is 0.192. The van der Waals surface area contributed by atoms with Crippen LogP contribution in [0.3, 0.4) is 0 Å². The number of aromatic amines is 1. The van der Waals surface area contributed by atoms with Crippen molar-refractivity contribution in [2.45, 2.75) is 19.0 Å². The molecule has 0 aliphatic carbocycles. The highest BCUT2D eigenvalue weighted by molar-refractivity contribution is 7.83. The standard InChI is InChI=1S/C21H21F3N6OS/c22-12-6-8-30(11-12)13-4-5-14(16(10-13)19(23)24)20-26-17-3-1-2-15(18(17)27-20)21(31)28-29-25-7-9-32/h1-5,7,9-10,12,19,25,29,32H,6,8,11H2,(H,26,27)(H,28,31)/b9-7-. The van der Waals surface area contributed by atoms with Gasteiger partial charge in [-0.05, 0) is 42.2 Å². The van der Waals surface area contributed by atoms with Gasteiger partial charge in [-0.1, -0.05) is 6.07 Å². The lowest BCUT2D eigenvalue weighted by molar-refractivity contribution is 0.0929. The maximum absolute atomic E-state index is 13.9. The molecule has 1 aliphatic heterocycles. The van der Waals surface area contributed by atoms with Gasteiger partial charge in [0.2, 0.25) is 0 Å². The van der Waals surface area contributed by atoms with Crippen LogP contribution in [0.15, 0.2) is 48.0 Å². The predicted molar refractivity (Wildman–Crippen MR) is 120 cm³/mol. The summed E-state index contributed by atoms with van der Waals surface area (Å²) in [6.45, 7) is 0.677. The third kappa shape index (κ3) is 4.53. The summed E-state index contributed by atoms with van der Waals surface area (Å²) in [5.74, 6) is -0.246. The summed E-state index contributed by atoms with van der Waals surface area (Å²) in [6.07, 6.45) is -1.86. The van der Waals surface area contributed by atoms with Crippen LogP contribution in [0.4, 0.5) is 18.9 Å². The zero-order valence-electron chi connectivity index (χ0n) is 16.8. The summed E-state index contributed by atoms with van der Waals surface area (Å²) in [5.41, 5.74) is 9.23. The average Bonchev–Trinajstić information content (AvgIpc) is 3.42. The lowest BCUT2D eigenvalue weighted by atomic mass is 10.1. The Morgan fingerprint density at radius 2 is 2.16 bits per heavy atom. The maximum atomic E-state index is 13.9. The van der Waals surface area contributed by atoms with Crippen molar-refractivity contribution in [3.63, 3.8) is 0 Å². The molecule has 0 radical (unpaired) electrons. The number of imidazole rings is 1. The Morgan fingerprint density at radius 1 is 1.31 bits per heavy atom. The van der Waals surface area contributed by atoms with Crippen LogP contribution in [-0.2, 0) is 0 Å². The molecule has 0 spiro atoms. The summed E-state index contributed by atoms with van der Waals surface area (Å²) in [6, 6.07) is 9.57. The van der Waals surface area contributed by atoms with Gasteiger partial charge in [0.1, 0.15) is 17.5 Å². The van der Waals surface area contributed by atoms with E-state index < -0.39 is 18.5 Å². The van der Waals surface area contributed by atoms with E-state index in [0.717, 1.165) is 0 Å². The van der Waals surface area contributed by atoms with Gasteiger partial charge in [-0.25, -0.2) is 18.2 Å². The molecule has 4 rings (SSSR count). The van der Waals surface area contributed by atoms with Crippen LogP contribution in [-0.4, -0.2) is 35.1 Å². The van der Waals surface area contributed by atoms with E-state index in [-0.39, 0.29) is 29.1 Å². The number of fused-ring (bicyclic) bond motifs is 1. The van der Waals surface area contributed by atoms with Crippen LogP contribution in [0, 0.1) is 0 Å². The van der Waals surface area contributed by atoms with Crippen molar-refractivity contribution < 1.29 is 18.0 Å². The smallest absolute Gasteiger partial charge is 0.269 e. The second-order valence-electron chi connectivity index (χ2n) is 7.23. The second-order valence-corrected chi connectivity index (χ2v) is 7.53. The van der Waals surface area contributed by atoms with E-state index >= 15 is 0 Å². The lowest BCUT2D eigenvalue weighted by Gasteiger charge is -2.19. The van der Waals surface area contributed by atoms with Gasteiger partial charge in [0.25, 0.3) is 12.3 Å². The number of anilines is 1. The number of hydrogen-bond acceptors (Lipinski definition) is 6. The number of benzene rings is 2. The molecule has 0 bridgehead atoms. The van der Waals surface area contributed by atoms with Crippen molar-refractivity contribution in [3.05, 3.63) is 59.1 Å². The molecule has 2 aromatic carbocycles. The molecule has 1 unspecified atom stereocenters. The van der Waals surface area contributed by atoms with Gasteiger partial charge in [0.05, 0.1) is 11.1 Å². The number of para-hydroxylation sites is 1.